The normalized spacial score (nSPS) is 10.7. The third kappa shape index (κ3) is 5.56. The predicted molar refractivity (Wildman–Crippen MR) is 77.2 cm³/mol. The van der Waals surface area contributed by atoms with Gasteiger partial charge in [0.25, 0.3) is 5.91 Å². The van der Waals surface area contributed by atoms with Crippen molar-refractivity contribution in [2.45, 2.75) is 45.4 Å². The van der Waals surface area contributed by atoms with Crippen LogP contribution in [0.1, 0.15) is 56.1 Å². The summed E-state index contributed by atoms with van der Waals surface area (Å²) < 4.78 is 0. The predicted octanol–water partition coefficient (Wildman–Crippen LogP) is 1.18. The van der Waals surface area contributed by atoms with Gasteiger partial charge in [-0.25, -0.2) is 0 Å². The smallest absolute Gasteiger partial charge is 0.291 e. The Kier molecular flexibility index (Phi) is 7.64. The van der Waals surface area contributed by atoms with Crippen LogP contribution in [0.4, 0.5) is 5.95 Å². The molecule has 1 heterocycles. The lowest BCUT2D eigenvalue weighted by Crippen LogP contribution is -2.34. The Bertz CT molecular complexity index is 394. The largest absolute Gasteiger partial charge is 0.396 e. The van der Waals surface area contributed by atoms with E-state index in [1.165, 1.54) is 19.3 Å². The van der Waals surface area contributed by atoms with Gasteiger partial charge in [0.2, 0.25) is 11.8 Å². The summed E-state index contributed by atoms with van der Waals surface area (Å²) in [6.45, 7) is 3.43. The molecule has 1 aromatic heterocycles. The molecule has 7 nitrogen and oxygen atoms in total. The Morgan fingerprint density at radius 3 is 2.55 bits per heavy atom. The van der Waals surface area contributed by atoms with E-state index >= 15 is 0 Å². The number of anilines is 1. The molecular weight excluding hydrogens is 258 g/mol. The van der Waals surface area contributed by atoms with Crippen LogP contribution >= 0.6 is 0 Å². The molecule has 0 saturated carbocycles. The van der Waals surface area contributed by atoms with Crippen molar-refractivity contribution >= 4 is 11.9 Å². The number of carbonyl (C=O) groups is 1. The van der Waals surface area contributed by atoms with Crippen LogP contribution in [-0.4, -0.2) is 50.8 Å². The van der Waals surface area contributed by atoms with Crippen LogP contribution in [0.5, 0.6) is 0 Å². The zero-order valence-electron chi connectivity index (χ0n) is 12.1. The lowest BCUT2D eigenvalue weighted by atomic mass is 10.1. The number of nitrogen functional groups attached to an aromatic ring is 1. The minimum absolute atomic E-state index is 0.0676. The van der Waals surface area contributed by atoms with Gasteiger partial charge in [0.15, 0.2) is 0 Å². The second-order valence-electron chi connectivity index (χ2n) is 4.83. The fourth-order valence-electron chi connectivity index (χ4n) is 2.00. The fraction of sp³-hybridized carbons (Fsp3) is 0.769. The first kappa shape index (κ1) is 16.4. The number of H-pyrrole nitrogens is 1. The van der Waals surface area contributed by atoms with Crippen LogP contribution in [0.3, 0.4) is 0 Å². The van der Waals surface area contributed by atoms with Crippen LogP contribution in [0, 0.1) is 0 Å². The molecular formula is C13H25N5O2. The van der Waals surface area contributed by atoms with E-state index in [9.17, 15) is 4.79 Å². The summed E-state index contributed by atoms with van der Waals surface area (Å²) in [6, 6.07) is 0. The molecule has 1 aromatic rings. The van der Waals surface area contributed by atoms with Gasteiger partial charge < -0.3 is 15.7 Å². The van der Waals surface area contributed by atoms with Gasteiger partial charge in [0.05, 0.1) is 0 Å². The second-order valence-corrected chi connectivity index (χ2v) is 4.83. The molecule has 0 spiro atoms. The second kappa shape index (κ2) is 9.30. The maximum atomic E-state index is 12.2. The Hall–Kier alpha value is -1.63. The number of nitrogens with zero attached hydrogens (tertiary/aromatic N) is 3. The SMILES string of the molecule is CCCCCCCN(CCCO)C(=O)c1nc(N)n[nH]1. The highest BCUT2D eigenvalue weighted by Crippen LogP contribution is 2.07. The number of aromatic amines is 1. The number of aliphatic hydroxyl groups excluding tert-OH is 1. The molecule has 0 atom stereocenters. The van der Waals surface area contributed by atoms with Gasteiger partial charge in [-0.3, -0.25) is 9.89 Å². The topological polar surface area (TPSA) is 108 Å². The van der Waals surface area contributed by atoms with Crippen LogP contribution in [-0.2, 0) is 0 Å². The van der Waals surface area contributed by atoms with Gasteiger partial charge in [-0.1, -0.05) is 32.6 Å². The first-order valence-electron chi connectivity index (χ1n) is 7.27. The van der Waals surface area contributed by atoms with Crippen molar-refractivity contribution in [1.82, 2.24) is 20.1 Å². The average molecular weight is 283 g/mol. The number of carbonyl (C=O) groups excluding carboxylic acids is 1. The number of aromatic nitrogens is 3. The monoisotopic (exact) mass is 283 g/mol. The van der Waals surface area contributed by atoms with Crippen LogP contribution in [0.25, 0.3) is 0 Å². The van der Waals surface area contributed by atoms with E-state index in [0.717, 1.165) is 12.8 Å². The summed E-state index contributed by atoms with van der Waals surface area (Å²) in [5.41, 5.74) is 5.41. The number of amides is 1. The minimum Gasteiger partial charge on any atom is -0.396 e. The van der Waals surface area contributed by atoms with Crippen LogP contribution < -0.4 is 5.73 Å². The first-order chi connectivity index (χ1) is 9.69. The maximum Gasteiger partial charge on any atom is 0.291 e. The third-order valence-corrected chi connectivity index (χ3v) is 3.11. The van der Waals surface area contributed by atoms with Gasteiger partial charge in [0.1, 0.15) is 0 Å². The van der Waals surface area contributed by atoms with Gasteiger partial charge in [-0.05, 0) is 12.8 Å². The molecule has 0 aliphatic rings. The number of rotatable bonds is 10. The average Bonchev–Trinajstić information content (AvgIpc) is 2.88. The van der Waals surface area contributed by atoms with E-state index in [1.807, 2.05) is 0 Å². The molecule has 0 unspecified atom stereocenters. The molecule has 0 saturated heterocycles. The molecule has 4 N–H and O–H groups in total. The molecule has 1 amide bonds. The van der Waals surface area contributed by atoms with Crippen molar-refractivity contribution in [3.05, 3.63) is 5.82 Å². The molecule has 0 aromatic carbocycles. The summed E-state index contributed by atoms with van der Waals surface area (Å²) in [5, 5.41) is 15.1. The molecule has 1 rings (SSSR count). The summed E-state index contributed by atoms with van der Waals surface area (Å²) in [7, 11) is 0. The van der Waals surface area contributed by atoms with Gasteiger partial charge >= 0.3 is 0 Å². The number of hydrogen-bond donors (Lipinski definition) is 3. The third-order valence-electron chi connectivity index (χ3n) is 3.11. The molecule has 0 radical (unpaired) electrons. The van der Waals surface area contributed by atoms with Crippen molar-refractivity contribution in [1.29, 1.82) is 0 Å². The first-order valence-corrected chi connectivity index (χ1v) is 7.27. The lowest BCUT2D eigenvalue weighted by Gasteiger charge is -2.21. The van der Waals surface area contributed by atoms with E-state index in [2.05, 4.69) is 22.1 Å². The summed E-state index contributed by atoms with van der Waals surface area (Å²) in [4.78, 5) is 17.8. The van der Waals surface area contributed by atoms with E-state index < -0.39 is 0 Å². The highest BCUT2D eigenvalue weighted by molar-refractivity contribution is 5.90. The molecule has 0 aliphatic heterocycles. The van der Waals surface area contributed by atoms with Gasteiger partial charge in [-0.2, -0.15) is 4.98 Å². The zero-order chi connectivity index (χ0) is 14.8. The standard InChI is InChI=1S/C13H25N5O2/c1-2-3-4-5-6-8-18(9-7-10-19)12(20)11-15-13(14)17-16-11/h19H,2-10H2,1H3,(H3,14,15,16,17). The lowest BCUT2D eigenvalue weighted by molar-refractivity contribution is 0.0730. The Morgan fingerprint density at radius 2 is 1.95 bits per heavy atom. The molecule has 0 aliphatic carbocycles. The van der Waals surface area contributed by atoms with Crippen LogP contribution in [0.2, 0.25) is 0 Å². The van der Waals surface area contributed by atoms with E-state index in [-0.39, 0.29) is 24.3 Å². The molecule has 20 heavy (non-hydrogen) atoms. The number of aliphatic hydroxyl groups is 1. The van der Waals surface area contributed by atoms with E-state index in [4.69, 9.17) is 10.8 Å². The van der Waals surface area contributed by atoms with Crippen molar-refractivity contribution < 1.29 is 9.90 Å². The number of nitrogens with two attached hydrogens (primary N) is 1. The molecule has 7 heteroatoms. The molecule has 114 valence electrons. The van der Waals surface area contributed by atoms with Crippen LogP contribution in [0.15, 0.2) is 0 Å². The fourth-order valence-corrected chi connectivity index (χ4v) is 2.00. The van der Waals surface area contributed by atoms with Crippen molar-refractivity contribution in [3.63, 3.8) is 0 Å². The molecule has 0 fully saturated rings. The summed E-state index contributed by atoms with van der Waals surface area (Å²) in [6.07, 6.45) is 6.24. The Morgan fingerprint density at radius 1 is 1.25 bits per heavy atom. The summed E-state index contributed by atoms with van der Waals surface area (Å²) in [5.74, 6) is 0.0190. The highest BCUT2D eigenvalue weighted by atomic mass is 16.3. The highest BCUT2D eigenvalue weighted by Gasteiger charge is 2.18. The van der Waals surface area contributed by atoms with E-state index in [1.54, 1.807) is 4.90 Å². The van der Waals surface area contributed by atoms with Gasteiger partial charge in [-0.15, -0.1) is 5.10 Å². The minimum atomic E-state index is -0.210. The van der Waals surface area contributed by atoms with Crippen molar-refractivity contribution in [2.24, 2.45) is 0 Å². The van der Waals surface area contributed by atoms with E-state index in [0.29, 0.717) is 19.5 Å². The quantitative estimate of drug-likeness (QED) is 0.559. The zero-order valence-corrected chi connectivity index (χ0v) is 12.1. The number of nitrogens with one attached hydrogen (secondary N) is 1. The number of unbranched alkanes of at least 4 members (excludes halogenated alkanes) is 4. The molecule has 0 bridgehead atoms. The van der Waals surface area contributed by atoms with Gasteiger partial charge in [0, 0.05) is 19.7 Å². The Labute approximate surface area is 119 Å². The van der Waals surface area contributed by atoms with Crippen molar-refractivity contribution in [3.8, 4) is 0 Å². The van der Waals surface area contributed by atoms with Crippen molar-refractivity contribution in [2.75, 3.05) is 25.4 Å². The maximum absolute atomic E-state index is 12.2. The number of hydrogen-bond acceptors (Lipinski definition) is 5. The summed E-state index contributed by atoms with van der Waals surface area (Å²) >= 11 is 0. The Balaban J connectivity index is 2.47.